The Labute approximate surface area is 195 Å². The van der Waals surface area contributed by atoms with Crippen LogP contribution in [0.4, 0.5) is 10.5 Å². The zero-order chi connectivity index (χ0) is 22.5. The van der Waals surface area contributed by atoms with Gasteiger partial charge in [0.15, 0.2) is 0 Å². The van der Waals surface area contributed by atoms with Crippen LogP contribution in [-0.4, -0.2) is 22.3 Å². The van der Waals surface area contributed by atoms with E-state index in [9.17, 15) is 4.79 Å². The molecule has 0 aliphatic heterocycles. The quantitative estimate of drug-likeness (QED) is 0.402. The summed E-state index contributed by atoms with van der Waals surface area (Å²) in [5, 5.41) is 2.13. The second kappa shape index (κ2) is 10.3. The van der Waals surface area contributed by atoms with Crippen molar-refractivity contribution < 1.29 is 9.53 Å². The molecule has 1 amide bonds. The third-order valence-corrected chi connectivity index (χ3v) is 6.04. The summed E-state index contributed by atoms with van der Waals surface area (Å²) < 4.78 is 7.08. The first-order chi connectivity index (χ1) is 14.7. The minimum Gasteiger partial charge on any atom is -0.449 e. The lowest BCUT2D eigenvalue weighted by molar-refractivity contribution is 0.157. The predicted molar refractivity (Wildman–Crippen MR) is 126 cm³/mol. The lowest BCUT2D eigenvalue weighted by Crippen LogP contribution is -2.16. The van der Waals surface area contributed by atoms with Gasteiger partial charge >= 0.3 is 6.09 Å². The topological polar surface area (TPSA) is 96.2 Å². The number of carbonyl (C=O) groups excluding carboxylic acids is 1. The minimum absolute atomic E-state index is 0.152. The minimum atomic E-state index is -0.802. The summed E-state index contributed by atoms with van der Waals surface area (Å²) in [4.78, 5) is 16.8. The molecule has 0 aliphatic rings. The van der Waals surface area contributed by atoms with E-state index >= 15 is 0 Å². The summed E-state index contributed by atoms with van der Waals surface area (Å²) >= 11 is 14.0. The standard InChI is InChI=1S/C22H24Cl2N4O2S/c1-13(2)20-21(31-18-10-15(23)9-16(24)11-18)28(12-14-3-5-17(25)6-4-14)19(27-20)7-8-30-22(26)29/h3-6,9-11,13H,7-8,12,25H2,1-2H3,(H2,26,29). The van der Waals surface area contributed by atoms with E-state index in [2.05, 4.69) is 18.4 Å². The maximum atomic E-state index is 11.0. The largest absolute Gasteiger partial charge is 0.449 e. The Balaban J connectivity index is 2.04. The van der Waals surface area contributed by atoms with Crippen molar-refractivity contribution in [3.8, 4) is 0 Å². The molecule has 3 aromatic rings. The van der Waals surface area contributed by atoms with Crippen LogP contribution < -0.4 is 11.5 Å². The fourth-order valence-electron chi connectivity index (χ4n) is 3.09. The average Bonchev–Trinajstić information content (AvgIpc) is 3.00. The van der Waals surface area contributed by atoms with Crippen LogP contribution in [0, 0.1) is 0 Å². The van der Waals surface area contributed by atoms with E-state index in [0.717, 1.165) is 27.0 Å². The summed E-state index contributed by atoms with van der Waals surface area (Å²) in [6.07, 6.45) is -0.363. The summed E-state index contributed by atoms with van der Waals surface area (Å²) in [6.45, 7) is 4.92. The van der Waals surface area contributed by atoms with E-state index in [1.807, 2.05) is 36.4 Å². The number of carbonyl (C=O) groups is 1. The fourth-order valence-corrected chi connectivity index (χ4v) is 5.00. The number of ether oxygens (including phenoxy) is 1. The number of nitrogens with two attached hydrogens (primary N) is 2. The van der Waals surface area contributed by atoms with Crippen molar-refractivity contribution in [1.29, 1.82) is 0 Å². The zero-order valence-electron chi connectivity index (χ0n) is 17.3. The number of hydrogen-bond acceptors (Lipinski definition) is 5. The number of aromatic nitrogens is 2. The first-order valence-electron chi connectivity index (χ1n) is 9.73. The van der Waals surface area contributed by atoms with Gasteiger partial charge in [-0.2, -0.15) is 0 Å². The normalized spacial score (nSPS) is 11.1. The molecular weight excluding hydrogens is 455 g/mol. The van der Waals surface area contributed by atoms with Crippen LogP contribution >= 0.6 is 35.0 Å². The highest BCUT2D eigenvalue weighted by atomic mass is 35.5. The maximum absolute atomic E-state index is 11.0. The van der Waals surface area contributed by atoms with Crippen molar-refractivity contribution in [2.75, 3.05) is 12.3 Å². The molecule has 0 unspecified atom stereocenters. The molecule has 4 N–H and O–H groups in total. The summed E-state index contributed by atoms with van der Waals surface area (Å²) in [5.41, 5.74) is 13.7. The van der Waals surface area contributed by atoms with E-state index in [1.165, 1.54) is 0 Å². The second-order valence-electron chi connectivity index (χ2n) is 7.33. The van der Waals surface area contributed by atoms with Gasteiger partial charge in [0.1, 0.15) is 17.5 Å². The molecular formula is C22H24Cl2N4O2S. The lowest BCUT2D eigenvalue weighted by Gasteiger charge is -2.14. The average molecular weight is 479 g/mol. The number of anilines is 1. The van der Waals surface area contributed by atoms with Crippen LogP contribution in [-0.2, 0) is 17.7 Å². The second-order valence-corrected chi connectivity index (χ2v) is 9.26. The molecule has 0 saturated carbocycles. The third-order valence-electron chi connectivity index (χ3n) is 4.51. The van der Waals surface area contributed by atoms with Crippen molar-refractivity contribution in [3.05, 3.63) is 69.6 Å². The number of halogens is 2. The molecule has 0 radical (unpaired) electrons. The Hall–Kier alpha value is -2.35. The Morgan fingerprint density at radius 2 is 1.81 bits per heavy atom. The molecule has 0 spiro atoms. The van der Waals surface area contributed by atoms with E-state index < -0.39 is 6.09 Å². The van der Waals surface area contributed by atoms with Crippen LogP contribution in [0.3, 0.4) is 0 Å². The highest BCUT2D eigenvalue weighted by Crippen LogP contribution is 2.37. The molecule has 9 heteroatoms. The van der Waals surface area contributed by atoms with Gasteiger partial charge < -0.3 is 20.8 Å². The number of benzene rings is 2. The van der Waals surface area contributed by atoms with Gasteiger partial charge in [-0.1, -0.05) is 60.9 Å². The third kappa shape index (κ3) is 6.32. The first kappa shape index (κ1) is 23.3. The molecule has 2 aromatic carbocycles. The molecule has 0 aliphatic carbocycles. The first-order valence-corrected chi connectivity index (χ1v) is 11.3. The highest BCUT2D eigenvalue weighted by molar-refractivity contribution is 7.99. The highest BCUT2D eigenvalue weighted by Gasteiger charge is 2.21. The van der Waals surface area contributed by atoms with Gasteiger partial charge in [0.05, 0.1) is 5.69 Å². The van der Waals surface area contributed by atoms with E-state index in [4.69, 9.17) is 44.4 Å². The monoisotopic (exact) mass is 478 g/mol. The van der Waals surface area contributed by atoms with Gasteiger partial charge in [-0.25, -0.2) is 9.78 Å². The van der Waals surface area contributed by atoms with E-state index in [0.29, 0.717) is 28.7 Å². The Morgan fingerprint density at radius 3 is 2.39 bits per heavy atom. The molecule has 31 heavy (non-hydrogen) atoms. The van der Waals surface area contributed by atoms with Gasteiger partial charge in [0.25, 0.3) is 0 Å². The zero-order valence-corrected chi connectivity index (χ0v) is 19.6. The Bertz CT molecular complexity index is 1050. The van der Waals surface area contributed by atoms with E-state index in [-0.39, 0.29) is 12.5 Å². The van der Waals surface area contributed by atoms with Crippen molar-refractivity contribution in [2.24, 2.45) is 5.73 Å². The van der Waals surface area contributed by atoms with Gasteiger partial charge in [0.2, 0.25) is 0 Å². The number of amides is 1. The van der Waals surface area contributed by atoms with E-state index in [1.54, 1.807) is 17.8 Å². The summed E-state index contributed by atoms with van der Waals surface area (Å²) in [7, 11) is 0. The smallest absolute Gasteiger partial charge is 0.404 e. The number of nitrogen functional groups attached to an aromatic ring is 1. The molecule has 3 rings (SSSR count). The summed E-state index contributed by atoms with van der Waals surface area (Å²) in [5.74, 6) is 0.984. The van der Waals surface area contributed by atoms with Gasteiger partial charge in [-0.05, 0) is 41.8 Å². The number of hydrogen-bond donors (Lipinski definition) is 2. The number of rotatable bonds is 8. The molecule has 1 heterocycles. The summed E-state index contributed by atoms with van der Waals surface area (Å²) in [6, 6.07) is 13.2. The van der Waals surface area contributed by atoms with Crippen LogP contribution in [0.1, 0.15) is 36.8 Å². The van der Waals surface area contributed by atoms with Crippen LogP contribution in [0.5, 0.6) is 0 Å². The van der Waals surface area contributed by atoms with Crippen molar-refractivity contribution in [1.82, 2.24) is 9.55 Å². The van der Waals surface area contributed by atoms with Crippen LogP contribution in [0.25, 0.3) is 0 Å². The molecule has 0 fully saturated rings. The Morgan fingerprint density at radius 1 is 1.16 bits per heavy atom. The van der Waals surface area contributed by atoms with Gasteiger partial charge in [-0.3, -0.25) is 0 Å². The SMILES string of the molecule is CC(C)c1nc(CCOC(N)=O)n(Cc2ccc(N)cc2)c1Sc1cc(Cl)cc(Cl)c1. The number of nitrogens with zero attached hydrogens (tertiary/aromatic N) is 2. The Kier molecular flexibility index (Phi) is 7.75. The van der Waals surface area contributed by atoms with Crippen molar-refractivity contribution in [3.63, 3.8) is 0 Å². The molecule has 0 bridgehead atoms. The van der Waals surface area contributed by atoms with Gasteiger partial charge in [0, 0.05) is 33.6 Å². The van der Waals surface area contributed by atoms with Crippen LogP contribution in [0.2, 0.25) is 10.0 Å². The number of imidazole rings is 1. The molecule has 0 saturated heterocycles. The fraction of sp³-hybridized carbons (Fsp3) is 0.273. The molecule has 6 nitrogen and oxygen atoms in total. The van der Waals surface area contributed by atoms with Gasteiger partial charge in [-0.15, -0.1) is 0 Å². The maximum Gasteiger partial charge on any atom is 0.404 e. The molecule has 164 valence electrons. The predicted octanol–water partition coefficient (Wildman–Crippen LogP) is 5.73. The lowest BCUT2D eigenvalue weighted by atomic mass is 10.1. The van der Waals surface area contributed by atoms with Crippen molar-refractivity contribution in [2.45, 2.75) is 42.7 Å². The number of primary amides is 1. The molecule has 1 aromatic heterocycles. The van der Waals surface area contributed by atoms with Crippen LogP contribution in [0.15, 0.2) is 52.4 Å². The molecule has 0 atom stereocenters. The van der Waals surface area contributed by atoms with Crippen molar-refractivity contribution >= 4 is 46.7 Å².